The Bertz CT molecular complexity index is 709. The lowest BCUT2D eigenvalue weighted by Gasteiger charge is -1.98. The van der Waals surface area contributed by atoms with E-state index in [4.69, 9.17) is 0 Å². The summed E-state index contributed by atoms with van der Waals surface area (Å²) in [7, 11) is 0. The second-order valence-electron chi connectivity index (χ2n) is 4.72. The van der Waals surface area contributed by atoms with Crippen LogP contribution in [-0.4, -0.2) is 15.2 Å². The summed E-state index contributed by atoms with van der Waals surface area (Å²) in [5, 5.41) is 7.48. The predicted molar refractivity (Wildman–Crippen MR) is 77.5 cm³/mol. The summed E-state index contributed by atoms with van der Waals surface area (Å²) in [6, 6.07) is 3.90. The number of fused-ring (bicyclic) bond motifs is 1. The van der Waals surface area contributed by atoms with Gasteiger partial charge in [0, 0.05) is 23.5 Å². The molecule has 0 aromatic carbocycles. The average Bonchev–Trinajstić information content (AvgIpc) is 3.00. The Morgan fingerprint density at radius 2 is 2.25 bits per heavy atom. The Balaban J connectivity index is 2.00. The van der Waals surface area contributed by atoms with Crippen LogP contribution >= 0.6 is 0 Å². The number of hydrogen-bond donors (Lipinski definition) is 1. The first-order chi connectivity index (χ1) is 9.81. The number of nitrogens with zero attached hydrogens (tertiary/aromatic N) is 2. The summed E-state index contributed by atoms with van der Waals surface area (Å²) in [6.07, 6.45) is 9.91. The van der Waals surface area contributed by atoms with Crippen LogP contribution in [0, 0.1) is 0 Å². The van der Waals surface area contributed by atoms with E-state index in [1.165, 1.54) is 17.2 Å². The highest BCUT2D eigenvalue weighted by Gasteiger charge is 2.23. The van der Waals surface area contributed by atoms with Gasteiger partial charge in [-0.15, -0.1) is 0 Å². The lowest BCUT2D eigenvalue weighted by molar-refractivity contribution is 0.721. The van der Waals surface area contributed by atoms with Crippen molar-refractivity contribution >= 4 is 5.57 Å². The van der Waals surface area contributed by atoms with E-state index in [9.17, 15) is 4.39 Å². The molecule has 2 heterocycles. The third kappa shape index (κ3) is 2.09. The van der Waals surface area contributed by atoms with Crippen LogP contribution in [0.3, 0.4) is 0 Å². The summed E-state index contributed by atoms with van der Waals surface area (Å²) >= 11 is 0. The van der Waals surface area contributed by atoms with Gasteiger partial charge < -0.3 is 0 Å². The Kier molecular flexibility index (Phi) is 3.29. The normalized spacial score (nSPS) is 14.7. The van der Waals surface area contributed by atoms with Crippen LogP contribution in [0.4, 0.5) is 4.39 Å². The van der Waals surface area contributed by atoms with E-state index in [-0.39, 0.29) is 0 Å². The van der Waals surface area contributed by atoms with E-state index in [0.717, 1.165) is 28.9 Å². The topological polar surface area (TPSA) is 41.6 Å². The molecule has 2 aromatic rings. The quantitative estimate of drug-likeness (QED) is 0.858. The number of aromatic amines is 1. The van der Waals surface area contributed by atoms with Crippen molar-refractivity contribution in [1.29, 1.82) is 0 Å². The molecule has 1 aliphatic carbocycles. The standard InChI is InChI=1S/C16H14FN3/c1-11-9-14-15(12-5-4-8-18-10-12)19-20-16(14)13(11)6-2-3-7-17/h2-8,10H,9H2,1H3,(H,19,20)/b6-2-,7-3+. The molecule has 2 aromatic heterocycles. The second-order valence-corrected chi connectivity index (χ2v) is 4.72. The molecule has 0 radical (unpaired) electrons. The highest BCUT2D eigenvalue weighted by Crippen LogP contribution is 2.37. The van der Waals surface area contributed by atoms with Crippen molar-refractivity contribution in [3.63, 3.8) is 0 Å². The van der Waals surface area contributed by atoms with Gasteiger partial charge in [0.25, 0.3) is 0 Å². The molecule has 4 heteroatoms. The Morgan fingerprint density at radius 3 is 3.00 bits per heavy atom. The van der Waals surface area contributed by atoms with Crippen molar-refractivity contribution in [2.24, 2.45) is 0 Å². The maximum atomic E-state index is 12.0. The molecular formula is C16H14FN3. The molecule has 0 spiro atoms. The van der Waals surface area contributed by atoms with E-state index in [1.807, 2.05) is 24.4 Å². The van der Waals surface area contributed by atoms with Crippen molar-refractivity contribution < 1.29 is 4.39 Å². The summed E-state index contributed by atoms with van der Waals surface area (Å²) < 4.78 is 12.0. The highest BCUT2D eigenvalue weighted by molar-refractivity contribution is 5.84. The number of H-pyrrole nitrogens is 1. The molecular weight excluding hydrogens is 253 g/mol. The zero-order valence-corrected chi connectivity index (χ0v) is 11.1. The minimum absolute atomic E-state index is 0.524. The lowest BCUT2D eigenvalue weighted by atomic mass is 10.1. The first-order valence-corrected chi connectivity index (χ1v) is 6.42. The average molecular weight is 267 g/mol. The molecule has 0 fully saturated rings. The fourth-order valence-electron chi connectivity index (χ4n) is 2.49. The number of allylic oxidation sites excluding steroid dienone is 5. The SMILES string of the molecule is CC1=C(/C=C\C=C\F)c2[nH]nc(-c3cccnc3)c2C1. The summed E-state index contributed by atoms with van der Waals surface area (Å²) in [5.74, 6) is 0. The Morgan fingerprint density at radius 1 is 1.35 bits per heavy atom. The smallest absolute Gasteiger partial charge is 0.0977 e. The van der Waals surface area contributed by atoms with Crippen molar-refractivity contribution in [3.05, 3.63) is 65.9 Å². The van der Waals surface area contributed by atoms with Crippen molar-refractivity contribution in [3.8, 4) is 11.3 Å². The third-order valence-electron chi connectivity index (χ3n) is 3.42. The lowest BCUT2D eigenvalue weighted by Crippen LogP contribution is -1.86. The molecule has 0 atom stereocenters. The number of aromatic nitrogens is 3. The molecule has 0 bridgehead atoms. The number of nitrogens with one attached hydrogen (secondary N) is 1. The van der Waals surface area contributed by atoms with Gasteiger partial charge in [0.05, 0.1) is 17.7 Å². The predicted octanol–water partition coefficient (Wildman–Crippen LogP) is 3.84. The van der Waals surface area contributed by atoms with Gasteiger partial charge in [-0.25, -0.2) is 4.39 Å². The minimum Gasteiger partial charge on any atom is -0.277 e. The monoisotopic (exact) mass is 267 g/mol. The van der Waals surface area contributed by atoms with Crippen molar-refractivity contribution in [1.82, 2.24) is 15.2 Å². The molecule has 1 N–H and O–H groups in total. The fourth-order valence-corrected chi connectivity index (χ4v) is 2.49. The van der Waals surface area contributed by atoms with Gasteiger partial charge in [-0.3, -0.25) is 10.1 Å². The molecule has 0 amide bonds. The molecule has 3 rings (SSSR count). The maximum Gasteiger partial charge on any atom is 0.0977 e. The van der Waals surface area contributed by atoms with Gasteiger partial charge in [0.15, 0.2) is 0 Å². The third-order valence-corrected chi connectivity index (χ3v) is 3.42. The van der Waals surface area contributed by atoms with Crippen molar-refractivity contribution in [2.75, 3.05) is 0 Å². The van der Waals surface area contributed by atoms with Gasteiger partial charge in [0.2, 0.25) is 0 Å². The van der Waals surface area contributed by atoms with Crippen LogP contribution in [0.2, 0.25) is 0 Å². The fraction of sp³-hybridized carbons (Fsp3) is 0.125. The number of rotatable bonds is 3. The summed E-state index contributed by atoms with van der Waals surface area (Å²) in [4.78, 5) is 4.13. The van der Waals surface area contributed by atoms with E-state index in [2.05, 4.69) is 22.1 Å². The zero-order valence-electron chi connectivity index (χ0n) is 11.1. The largest absolute Gasteiger partial charge is 0.277 e. The molecule has 0 unspecified atom stereocenters. The van der Waals surface area contributed by atoms with Crippen LogP contribution in [0.1, 0.15) is 18.2 Å². The minimum atomic E-state index is 0.524. The summed E-state index contributed by atoms with van der Waals surface area (Å²) in [6.45, 7) is 2.08. The van der Waals surface area contributed by atoms with Gasteiger partial charge in [0.1, 0.15) is 0 Å². The van der Waals surface area contributed by atoms with E-state index in [1.54, 1.807) is 12.3 Å². The van der Waals surface area contributed by atoms with Crippen LogP contribution < -0.4 is 0 Å². The van der Waals surface area contributed by atoms with Gasteiger partial charge >= 0.3 is 0 Å². The van der Waals surface area contributed by atoms with E-state index < -0.39 is 0 Å². The van der Waals surface area contributed by atoms with Gasteiger partial charge in [-0.05, 0) is 37.1 Å². The second kappa shape index (κ2) is 5.25. The van der Waals surface area contributed by atoms with Gasteiger partial charge in [-0.2, -0.15) is 5.10 Å². The molecule has 0 saturated carbocycles. The Labute approximate surface area is 116 Å². The molecule has 100 valence electrons. The zero-order chi connectivity index (χ0) is 13.9. The molecule has 0 saturated heterocycles. The first-order valence-electron chi connectivity index (χ1n) is 6.42. The van der Waals surface area contributed by atoms with Crippen LogP contribution in [0.15, 0.2) is 54.7 Å². The maximum absolute atomic E-state index is 12.0. The van der Waals surface area contributed by atoms with E-state index in [0.29, 0.717) is 6.33 Å². The number of hydrogen-bond acceptors (Lipinski definition) is 2. The highest BCUT2D eigenvalue weighted by atomic mass is 19.1. The van der Waals surface area contributed by atoms with Crippen LogP contribution in [-0.2, 0) is 6.42 Å². The molecule has 1 aliphatic rings. The molecule has 3 nitrogen and oxygen atoms in total. The van der Waals surface area contributed by atoms with E-state index >= 15 is 0 Å². The Hall–Kier alpha value is -2.49. The van der Waals surface area contributed by atoms with Crippen LogP contribution in [0.5, 0.6) is 0 Å². The molecule has 20 heavy (non-hydrogen) atoms. The number of pyridine rings is 1. The van der Waals surface area contributed by atoms with Crippen LogP contribution in [0.25, 0.3) is 16.8 Å². The summed E-state index contributed by atoms with van der Waals surface area (Å²) in [5.41, 5.74) is 6.48. The van der Waals surface area contributed by atoms with Gasteiger partial charge in [-0.1, -0.05) is 17.7 Å². The number of halogens is 1. The first kappa shape index (κ1) is 12.5. The molecule has 0 aliphatic heterocycles. The van der Waals surface area contributed by atoms with Crippen molar-refractivity contribution in [2.45, 2.75) is 13.3 Å².